The predicted octanol–water partition coefficient (Wildman–Crippen LogP) is 4.31. The maximum absolute atomic E-state index is 12.2. The Morgan fingerprint density at radius 3 is 2.86 bits per heavy atom. The summed E-state index contributed by atoms with van der Waals surface area (Å²) in [4.78, 5) is 23.8. The maximum Gasteiger partial charge on any atom is 0.333 e. The Labute approximate surface area is 134 Å². The second kappa shape index (κ2) is 6.97. The molecule has 0 unspecified atom stereocenters. The SMILES string of the molecule is C=C(CC)C(=O)OCC[C@@H](C)[C@H]1CC[C@H]2C(=O)CCC[C@]12C. The third-order valence-electron chi connectivity index (χ3n) is 6.15. The quantitative estimate of drug-likeness (QED) is 0.542. The van der Waals surface area contributed by atoms with Gasteiger partial charge in [0, 0.05) is 17.9 Å². The van der Waals surface area contributed by atoms with Crippen molar-refractivity contribution in [1.82, 2.24) is 0 Å². The topological polar surface area (TPSA) is 43.4 Å². The number of ether oxygens (including phenoxy) is 1. The van der Waals surface area contributed by atoms with Crippen LogP contribution in [0.4, 0.5) is 0 Å². The molecule has 2 aliphatic rings. The van der Waals surface area contributed by atoms with Gasteiger partial charge in [-0.15, -0.1) is 0 Å². The number of ketones is 1. The first-order valence-corrected chi connectivity index (χ1v) is 8.77. The lowest BCUT2D eigenvalue weighted by Crippen LogP contribution is -2.39. The van der Waals surface area contributed by atoms with E-state index in [9.17, 15) is 9.59 Å². The van der Waals surface area contributed by atoms with E-state index in [2.05, 4.69) is 20.4 Å². The predicted molar refractivity (Wildman–Crippen MR) is 87.4 cm³/mol. The molecule has 0 aromatic carbocycles. The van der Waals surface area contributed by atoms with E-state index in [-0.39, 0.29) is 17.3 Å². The van der Waals surface area contributed by atoms with Gasteiger partial charge in [-0.1, -0.05) is 27.4 Å². The van der Waals surface area contributed by atoms with E-state index in [4.69, 9.17) is 4.74 Å². The summed E-state index contributed by atoms with van der Waals surface area (Å²) < 4.78 is 5.31. The minimum Gasteiger partial charge on any atom is -0.462 e. The van der Waals surface area contributed by atoms with Crippen LogP contribution in [0.2, 0.25) is 0 Å². The minimum absolute atomic E-state index is 0.172. The monoisotopic (exact) mass is 306 g/mol. The molecule has 22 heavy (non-hydrogen) atoms. The van der Waals surface area contributed by atoms with Gasteiger partial charge in [0.05, 0.1) is 6.61 Å². The van der Waals surface area contributed by atoms with Crippen LogP contribution >= 0.6 is 0 Å². The molecule has 2 aliphatic carbocycles. The summed E-state index contributed by atoms with van der Waals surface area (Å²) in [5.41, 5.74) is 0.713. The summed E-state index contributed by atoms with van der Waals surface area (Å²) in [5, 5.41) is 0. The summed E-state index contributed by atoms with van der Waals surface area (Å²) in [5.74, 6) is 1.56. The third-order valence-corrected chi connectivity index (χ3v) is 6.15. The molecule has 0 spiro atoms. The molecule has 0 aromatic heterocycles. The highest BCUT2D eigenvalue weighted by Crippen LogP contribution is 2.56. The highest BCUT2D eigenvalue weighted by molar-refractivity contribution is 5.87. The zero-order valence-electron chi connectivity index (χ0n) is 14.3. The number of hydrogen-bond acceptors (Lipinski definition) is 3. The molecule has 0 heterocycles. The minimum atomic E-state index is -0.266. The molecule has 2 rings (SSSR count). The standard InChI is InChI=1S/C19H30O3/c1-5-13(2)18(21)22-12-10-14(3)15-8-9-16-17(20)7-6-11-19(15,16)4/h14-16H,2,5-12H2,1,3-4H3/t14-,15-,16+,19-/m1/s1. The molecule has 3 heteroatoms. The van der Waals surface area contributed by atoms with Crippen LogP contribution in [-0.2, 0) is 14.3 Å². The summed E-state index contributed by atoms with van der Waals surface area (Å²) in [6.45, 7) is 10.6. The fraction of sp³-hybridized carbons (Fsp3) is 0.789. The number of fused-ring (bicyclic) bond motifs is 1. The van der Waals surface area contributed by atoms with Crippen molar-refractivity contribution in [3.63, 3.8) is 0 Å². The van der Waals surface area contributed by atoms with Crippen molar-refractivity contribution in [2.45, 2.75) is 65.7 Å². The number of carbonyl (C=O) groups excluding carboxylic acids is 2. The Hall–Kier alpha value is -1.12. The summed E-state index contributed by atoms with van der Waals surface area (Å²) in [6, 6.07) is 0. The molecule has 2 saturated carbocycles. The molecule has 3 nitrogen and oxygen atoms in total. The lowest BCUT2D eigenvalue weighted by Gasteiger charge is -2.42. The molecule has 4 atom stereocenters. The van der Waals surface area contributed by atoms with E-state index in [1.165, 1.54) is 6.42 Å². The van der Waals surface area contributed by atoms with Gasteiger partial charge in [-0.3, -0.25) is 4.79 Å². The summed E-state index contributed by atoms with van der Waals surface area (Å²) in [7, 11) is 0. The molecule has 0 bridgehead atoms. The van der Waals surface area contributed by atoms with Crippen LogP contribution in [0, 0.1) is 23.2 Å². The van der Waals surface area contributed by atoms with Gasteiger partial charge >= 0.3 is 5.97 Å². The zero-order valence-corrected chi connectivity index (χ0v) is 14.3. The highest BCUT2D eigenvalue weighted by atomic mass is 16.5. The van der Waals surface area contributed by atoms with Crippen molar-refractivity contribution in [1.29, 1.82) is 0 Å². The van der Waals surface area contributed by atoms with Gasteiger partial charge in [0.1, 0.15) is 5.78 Å². The first kappa shape index (κ1) is 17.2. The number of rotatable bonds is 6. The molecular weight excluding hydrogens is 276 g/mol. The molecular formula is C19H30O3. The normalized spacial score (nSPS) is 32.4. The molecule has 0 radical (unpaired) electrons. The molecule has 0 amide bonds. The van der Waals surface area contributed by atoms with E-state index >= 15 is 0 Å². The Balaban J connectivity index is 1.88. The van der Waals surface area contributed by atoms with Crippen molar-refractivity contribution >= 4 is 11.8 Å². The third kappa shape index (κ3) is 3.28. The van der Waals surface area contributed by atoms with Crippen LogP contribution in [0.15, 0.2) is 12.2 Å². The fourth-order valence-corrected chi connectivity index (χ4v) is 4.69. The van der Waals surface area contributed by atoms with Crippen molar-refractivity contribution in [3.8, 4) is 0 Å². The number of hydrogen-bond donors (Lipinski definition) is 0. The van der Waals surface area contributed by atoms with Crippen molar-refractivity contribution in [2.75, 3.05) is 6.61 Å². The second-order valence-electron chi connectivity index (χ2n) is 7.42. The van der Waals surface area contributed by atoms with Gasteiger partial charge in [-0.25, -0.2) is 4.79 Å². The van der Waals surface area contributed by atoms with Crippen molar-refractivity contribution in [3.05, 3.63) is 12.2 Å². The largest absolute Gasteiger partial charge is 0.462 e. The Morgan fingerprint density at radius 2 is 2.18 bits per heavy atom. The van der Waals surface area contributed by atoms with E-state index < -0.39 is 0 Å². The number of carbonyl (C=O) groups is 2. The molecule has 0 N–H and O–H groups in total. The summed E-state index contributed by atoms with van der Waals surface area (Å²) >= 11 is 0. The van der Waals surface area contributed by atoms with E-state index in [0.29, 0.717) is 36.2 Å². The van der Waals surface area contributed by atoms with Crippen LogP contribution in [0.5, 0.6) is 0 Å². The van der Waals surface area contributed by atoms with Crippen LogP contribution in [0.25, 0.3) is 0 Å². The highest BCUT2D eigenvalue weighted by Gasteiger charge is 2.52. The Morgan fingerprint density at radius 1 is 1.45 bits per heavy atom. The lowest BCUT2D eigenvalue weighted by molar-refractivity contribution is -0.139. The molecule has 2 fully saturated rings. The summed E-state index contributed by atoms with van der Waals surface area (Å²) in [6.07, 6.45) is 6.70. The smallest absolute Gasteiger partial charge is 0.333 e. The maximum atomic E-state index is 12.2. The van der Waals surface area contributed by atoms with Crippen LogP contribution < -0.4 is 0 Å². The average Bonchev–Trinajstić information content (AvgIpc) is 2.84. The van der Waals surface area contributed by atoms with Crippen LogP contribution in [0.1, 0.15) is 65.7 Å². The second-order valence-corrected chi connectivity index (χ2v) is 7.42. The van der Waals surface area contributed by atoms with Gasteiger partial charge in [0.15, 0.2) is 0 Å². The van der Waals surface area contributed by atoms with Crippen molar-refractivity contribution in [2.24, 2.45) is 23.2 Å². The van der Waals surface area contributed by atoms with Gasteiger partial charge in [0.25, 0.3) is 0 Å². The van der Waals surface area contributed by atoms with Gasteiger partial charge in [-0.05, 0) is 55.8 Å². The fourth-order valence-electron chi connectivity index (χ4n) is 4.69. The van der Waals surface area contributed by atoms with E-state index in [1.54, 1.807) is 0 Å². The Kier molecular flexibility index (Phi) is 5.46. The first-order chi connectivity index (χ1) is 10.4. The van der Waals surface area contributed by atoms with Gasteiger partial charge < -0.3 is 4.74 Å². The Bertz CT molecular complexity index is 454. The molecule has 124 valence electrons. The molecule has 0 saturated heterocycles. The van der Waals surface area contributed by atoms with Crippen LogP contribution in [-0.4, -0.2) is 18.4 Å². The average molecular weight is 306 g/mol. The molecule has 0 aliphatic heterocycles. The number of esters is 1. The van der Waals surface area contributed by atoms with Crippen LogP contribution in [0.3, 0.4) is 0 Å². The zero-order chi connectivity index (χ0) is 16.3. The van der Waals surface area contributed by atoms with Crippen molar-refractivity contribution < 1.29 is 14.3 Å². The lowest BCUT2D eigenvalue weighted by atomic mass is 9.62. The molecule has 0 aromatic rings. The number of Topliss-reactive ketones (excluding diaryl/α,β-unsaturated/α-hetero) is 1. The first-order valence-electron chi connectivity index (χ1n) is 8.77. The van der Waals surface area contributed by atoms with Gasteiger partial charge in [0.2, 0.25) is 0 Å². The van der Waals surface area contributed by atoms with E-state index in [1.807, 2.05) is 6.92 Å². The van der Waals surface area contributed by atoms with Gasteiger partial charge in [-0.2, -0.15) is 0 Å². The van der Waals surface area contributed by atoms with E-state index in [0.717, 1.165) is 32.1 Å².